The zero-order chi connectivity index (χ0) is 15.2. The fraction of sp³-hybridized carbons (Fsp3) is 0.667. The molecule has 2 aliphatic heterocycles. The topological polar surface area (TPSA) is 32.7 Å². The maximum Gasteiger partial charge on any atom is 0.0896 e. The van der Waals surface area contributed by atoms with Crippen molar-refractivity contribution >= 4 is 11.3 Å². The van der Waals surface area contributed by atoms with Crippen LogP contribution in [-0.2, 0) is 4.74 Å². The lowest BCUT2D eigenvalue weighted by Crippen LogP contribution is -2.38. The molecule has 3 heterocycles. The number of hydrogen-bond acceptors (Lipinski definition) is 4. The Hall–Kier alpha value is -0.680. The van der Waals surface area contributed by atoms with Gasteiger partial charge in [-0.1, -0.05) is 25.0 Å². The van der Waals surface area contributed by atoms with Gasteiger partial charge in [-0.05, 0) is 49.2 Å². The molecule has 2 unspecified atom stereocenters. The molecule has 1 N–H and O–H groups in total. The fourth-order valence-electron chi connectivity index (χ4n) is 3.55. The van der Waals surface area contributed by atoms with Gasteiger partial charge in [-0.15, -0.1) is 11.3 Å². The standard InChI is InChI=1S/C18H27NO2S/c20-17(18-8-5-11-22-18)12-16-7-2-1-3-9-19(16)13-15-6-4-10-21-14-15/h5-6,8,11,16-17,20H,1-4,7,9-10,12-14H2. The summed E-state index contributed by atoms with van der Waals surface area (Å²) < 4.78 is 5.59. The Morgan fingerprint density at radius 1 is 1.36 bits per heavy atom. The highest BCUT2D eigenvalue weighted by atomic mass is 32.1. The van der Waals surface area contributed by atoms with Crippen LogP contribution in [0.1, 0.15) is 49.5 Å². The van der Waals surface area contributed by atoms with Crippen LogP contribution in [0.4, 0.5) is 0 Å². The van der Waals surface area contributed by atoms with Gasteiger partial charge in [-0.25, -0.2) is 0 Å². The number of ether oxygens (including phenoxy) is 1. The highest BCUT2D eigenvalue weighted by Crippen LogP contribution is 2.29. The Balaban J connectivity index is 1.63. The number of likely N-dealkylation sites (tertiary alicyclic amines) is 1. The largest absolute Gasteiger partial charge is 0.388 e. The van der Waals surface area contributed by atoms with Gasteiger partial charge in [0.25, 0.3) is 0 Å². The van der Waals surface area contributed by atoms with Crippen molar-refractivity contribution in [3.63, 3.8) is 0 Å². The number of thiophene rings is 1. The molecule has 1 saturated heterocycles. The third-order valence-electron chi connectivity index (χ3n) is 4.75. The van der Waals surface area contributed by atoms with E-state index in [9.17, 15) is 5.11 Å². The Kier molecular flexibility index (Phi) is 6.07. The maximum absolute atomic E-state index is 10.5. The first kappa shape index (κ1) is 16.2. The zero-order valence-corrected chi connectivity index (χ0v) is 14.1. The number of hydrogen-bond donors (Lipinski definition) is 1. The van der Waals surface area contributed by atoms with Crippen molar-refractivity contribution in [2.24, 2.45) is 0 Å². The average Bonchev–Trinajstić information content (AvgIpc) is 3.00. The quantitative estimate of drug-likeness (QED) is 0.838. The summed E-state index contributed by atoms with van der Waals surface area (Å²) in [5.41, 5.74) is 1.42. The van der Waals surface area contributed by atoms with Crippen LogP contribution < -0.4 is 0 Å². The average molecular weight is 321 g/mol. The molecule has 4 heteroatoms. The molecule has 1 fully saturated rings. The molecule has 0 spiro atoms. The maximum atomic E-state index is 10.5. The predicted octanol–water partition coefficient (Wildman–Crippen LogP) is 3.76. The van der Waals surface area contributed by atoms with Crippen molar-refractivity contribution in [1.29, 1.82) is 0 Å². The van der Waals surface area contributed by atoms with Crippen molar-refractivity contribution in [2.45, 2.75) is 50.7 Å². The summed E-state index contributed by atoms with van der Waals surface area (Å²) in [6.45, 7) is 3.82. The summed E-state index contributed by atoms with van der Waals surface area (Å²) in [5.74, 6) is 0. The van der Waals surface area contributed by atoms with Gasteiger partial charge < -0.3 is 9.84 Å². The van der Waals surface area contributed by atoms with Crippen molar-refractivity contribution < 1.29 is 9.84 Å². The van der Waals surface area contributed by atoms with Crippen LogP contribution in [-0.4, -0.2) is 42.4 Å². The Morgan fingerprint density at radius 3 is 3.09 bits per heavy atom. The van der Waals surface area contributed by atoms with Crippen molar-refractivity contribution in [3.05, 3.63) is 34.0 Å². The molecular formula is C18H27NO2S. The number of rotatable bonds is 5. The van der Waals surface area contributed by atoms with Crippen LogP contribution in [0.25, 0.3) is 0 Å². The van der Waals surface area contributed by atoms with Gasteiger partial charge in [0.15, 0.2) is 0 Å². The van der Waals surface area contributed by atoms with E-state index in [1.54, 1.807) is 11.3 Å². The Bertz CT molecular complexity index is 471. The third kappa shape index (κ3) is 4.42. The molecule has 0 saturated carbocycles. The summed E-state index contributed by atoms with van der Waals surface area (Å²) in [6, 6.07) is 4.56. The highest BCUT2D eigenvalue weighted by molar-refractivity contribution is 7.10. The Morgan fingerprint density at radius 2 is 2.32 bits per heavy atom. The summed E-state index contributed by atoms with van der Waals surface area (Å²) >= 11 is 1.66. The lowest BCUT2D eigenvalue weighted by atomic mass is 10.0. The van der Waals surface area contributed by atoms with Gasteiger partial charge in [0.2, 0.25) is 0 Å². The summed E-state index contributed by atoms with van der Waals surface area (Å²) in [7, 11) is 0. The second-order valence-electron chi connectivity index (χ2n) is 6.44. The summed E-state index contributed by atoms with van der Waals surface area (Å²) in [4.78, 5) is 3.69. The summed E-state index contributed by atoms with van der Waals surface area (Å²) in [5, 5.41) is 12.6. The van der Waals surface area contributed by atoms with Crippen LogP contribution in [0.5, 0.6) is 0 Å². The SMILES string of the molecule is OC(CC1CCCCCN1CC1=CCCOC1)c1cccs1. The van der Waals surface area contributed by atoms with Crippen molar-refractivity contribution in [2.75, 3.05) is 26.3 Å². The second-order valence-corrected chi connectivity index (χ2v) is 7.42. The van der Waals surface area contributed by atoms with Crippen LogP contribution >= 0.6 is 11.3 Å². The van der Waals surface area contributed by atoms with Gasteiger partial charge in [-0.2, -0.15) is 0 Å². The molecule has 1 aromatic rings. The molecule has 22 heavy (non-hydrogen) atoms. The lowest BCUT2D eigenvalue weighted by Gasteiger charge is -2.32. The van der Waals surface area contributed by atoms with E-state index in [0.29, 0.717) is 6.04 Å². The molecular weight excluding hydrogens is 294 g/mol. The molecule has 1 aromatic heterocycles. The van der Waals surface area contributed by atoms with Gasteiger partial charge in [-0.3, -0.25) is 4.90 Å². The monoisotopic (exact) mass is 321 g/mol. The van der Waals surface area contributed by atoms with Crippen LogP contribution in [0.3, 0.4) is 0 Å². The van der Waals surface area contributed by atoms with Crippen molar-refractivity contribution in [3.8, 4) is 0 Å². The number of aliphatic hydroxyl groups excluding tert-OH is 1. The minimum atomic E-state index is -0.317. The summed E-state index contributed by atoms with van der Waals surface area (Å²) in [6.07, 6.45) is 9.02. The third-order valence-corrected chi connectivity index (χ3v) is 5.73. The number of aliphatic hydroxyl groups is 1. The van der Waals surface area contributed by atoms with Gasteiger partial charge in [0.1, 0.15) is 0 Å². The molecule has 2 aliphatic rings. The van der Waals surface area contributed by atoms with E-state index in [1.165, 1.54) is 31.3 Å². The number of nitrogens with zero attached hydrogens (tertiary/aromatic N) is 1. The molecule has 2 atom stereocenters. The first-order chi connectivity index (χ1) is 10.8. The molecule has 0 aliphatic carbocycles. The minimum absolute atomic E-state index is 0.317. The smallest absolute Gasteiger partial charge is 0.0896 e. The lowest BCUT2D eigenvalue weighted by molar-refractivity contribution is 0.100. The van der Waals surface area contributed by atoms with E-state index in [2.05, 4.69) is 11.0 Å². The first-order valence-corrected chi connectivity index (χ1v) is 9.42. The molecule has 0 bridgehead atoms. The van der Waals surface area contributed by atoms with Crippen LogP contribution in [0.2, 0.25) is 0 Å². The van der Waals surface area contributed by atoms with E-state index in [-0.39, 0.29) is 6.10 Å². The molecule has 3 nitrogen and oxygen atoms in total. The van der Waals surface area contributed by atoms with E-state index < -0.39 is 0 Å². The zero-order valence-electron chi connectivity index (χ0n) is 13.2. The molecule has 0 aromatic carbocycles. The molecule has 0 amide bonds. The van der Waals surface area contributed by atoms with Gasteiger partial charge >= 0.3 is 0 Å². The minimum Gasteiger partial charge on any atom is -0.388 e. The van der Waals surface area contributed by atoms with Gasteiger partial charge in [0, 0.05) is 17.5 Å². The van der Waals surface area contributed by atoms with Crippen LogP contribution in [0, 0.1) is 0 Å². The van der Waals surface area contributed by atoms with Crippen LogP contribution in [0.15, 0.2) is 29.2 Å². The predicted molar refractivity (Wildman–Crippen MR) is 91.2 cm³/mol. The molecule has 3 rings (SSSR count). The fourth-order valence-corrected chi connectivity index (χ4v) is 4.27. The Labute approximate surface area is 137 Å². The highest BCUT2D eigenvalue weighted by Gasteiger charge is 2.25. The molecule has 122 valence electrons. The van der Waals surface area contributed by atoms with E-state index >= 15 is 0 Å². The van der Waals surface area contributed by atoms with E-state index in [0.717, 1.165) is 44.0 Å². The normalized spacial score (nSPS) is 25.5. The van der Waals surface area contributed by atoms with E-state index in [1.807, 2.05) is 17.5 Å². The molecule has 0 radical (unpaired) electrons. The van der Waals surface area contributed by atoms with Gasteiger partial charge in [0.05, 0.1) is 19.3 Å². The first-order valence-electron chi connectivity index (χ1n) is 8.54. The second kappa shape index (κ2) is 8.25. The van der Waals surface area contributed by atoms with Crippen molar-refractivity contribution in [1.82, 2.24) is 4.90 Å². The van der Waals surface area contributed by atoms with E-state index in [4.69, 9.17) is 4.74 Å².